The zero-order valence-corrected chi connectivity index (χ0v) is 22.4. The highest BCUT2D eigenvalue weighted by Crippen LogP contribution is 2.40. The van der Waals surface area contributed by atoms with E-state index in [-0.39, 0.29) is 17.4 Å². The number of aromatic nitrogens is 1. The van der Waals surface area contributed by atoms with E-state index in [9.17, 15) is 19.5 Å². The molecule has 3 heterocycles. The number of nitrogens with zero attached hydrogens (tertiary/aromatic N) is 2. The average molecular weight is 566 g/mol. The summed E-state index contributed by atoms with van der Waals surface area (Å²) in [4.78, 5) is 39.8. The summed E-state index contributed by atoms with van der Waals surface area (Å²) in [6.07, 6.45) is 6.27. The molecular weight excluding hydrogens is 541 g/mol. The number of nitrogens with one attached hydrogen (secondary N) is 1. The lowest BCUT2D eigenvalue weighted by Crippen LogP contribution is -2.71. The van der Waals surface area contributed by atoms with Crippen LogP contribution in [0.1, 0.15) is 24.1 Å². The second kappa shape index (κ2) is 10.7. The Balaban J connectivity index is 1.28. The van der Waals surface area contributed by atoms with Gasteiger partial charge < -0.3 is 10.4 Å². The minimum absolute atomic E-state index is 0.0373. The number of carbonyl (C=O) groups is 3. The highest BCUT2D eigenvalue weighted by atomic mass is 35.5. The van der Waals surface area contributed by atoms with Gasteiger partial charge in [0.25, 0.3) is 5.91 Å². The van der Waals surface area contributed by atoms with E-state index in [0.29, 0.717) is 32.8 Å². The van der Waals surface area contributed by atoms with Crippen LogP contribution in [0, 0.1) is 0 Å². The first-order valence-corrected chi connectivity index (χ1v) is 14.4. The lowest BCUT2D eigenvalue weighted by atomic mass is 9.95. The van der Waals surface area contributed by atoms with Gasteiger partial charge in [-0.1, -0.05) is 23.2 Å². The summed E-state index contributed by atoms with van der Waals surface area (Å²) in [5.74, 6) is -1.31. The molecule has 188 valence electrons. The minimum Gasteiger partial charge on any atom is -0.477 e. The Morgan fingerprint density at radius 1 is 1.22 bits per heavy atom. The van der Waals surface area contributed by atoms with Crippen molar-refractivity contribution in [1.29, 1.82) is 0 Å². The van der Waals surface area contributed by atoms with E-state index in [0.717, 1.165) is 25.7 Å². The smallest absolute Gasteiger partial charge is 0.352 e. The number of aryl methyl sites for hydroxylation is 1. The van der Waals surface area contributed by atoms with Gasteiger partial charge in [-0.05, 0) is 43.5 Å². The quantitative estimate of drug-likeness (QED) is 0.303. The number of rotatable bonds is 7. The Kier molecular flexibility index (Phi) is 7.53. The SMILES string of the molecule is O=C(CSc1cc(Cl)ccc1Cl)N[C@@H]1C(=O)N2C(C(=O)O)=C(C[n+]3cccc4c3CCCC4)CS[C@H]12. The number of aliphatic carboxylic acids is 1. The van der Waals surface area contributed by atoms with Gasteiger partial charge in [0.1, 0.15) is 17.1 Å². The van der Waals surface area contributed by atoms with E-state index in [4.69, 9.17) is 23.2 Å². The lowest BCUT2D eigenvalue weighted by Gasteiger charge is -2.49. The molecule has 2 aliphatic heterocycles. The number of halogens is 2. The summed E-state index contributed by atoms with van der Waals surface area (Å²) in [5, 5.41) is 13.3. The van der Waals surface area contributed by atoms with Crippen molar-refractivity contribution in [3.05, 3.63) is 69.1 Å². The molecule has 2 amide bonds. The number of β-lactam (4-membered cyclic amide) rings is 1. The summed E-state index contributed by atoms with van der Waals surface area (Å²) < 4.78 is 2.12. The number of carboxylic acid groups (broad SMARTS) is 1. The highest BCUT2D eigenvalue weighted by molar-refractivity contribution is 8.00. The molecule has 36 heavy (non-hydrogen) atoms. The Bertz CT molecular complexity index is 1290. The van der Waals surface area contributed by atoms with Crippen molar-refractivity contribution >= 4 is 64.5 Å². The second-order valence-electron chi connectivity index (χ2n) is 8.89. The van der Waals surface area contributed by atoms with Gasteiger partial charge in [-0.15, -0.1) is 23.5 Å². The molecule has 11 heteroatoms. The Morgan fingerprint density at radius 3 is 2.83 bits per heavy atom. The first kappa shape index (κ1) is 25.4. The van der Waals surface area contributed by atoms with Crippen LogP contribution in [-0.2, 0) is 33.8 Å². The molecule has 1 aromatic heterocycles. The molecule has 1 aliphatic carbocycles. The summed E-state index contributed by atoms with van der Waals surface area (Å²) in [6.45, 7) is 0.433. The van der Waals surface area contributed by atoms with Crippen molar-refractivity contribution < 1.29 is 24.1 Å². The summed E-state index contributed by atoms with van der Waals surface area (Å²) in [6, 6.07) is 8.39. The largest absolute Gasteiger partial charge is 0.477 e. The highest BCUT2D eigenvalue weighted by Gasteiger charge is 2.54. The minimum atomic E-state index is -1.12. The van der Waals surface area contributed by atoms with Gasteiger partial charge in [0.05, 0.1) is 10.8 Å². The fraction of sp³-hybridized carbons (Fsp3) is 0.360. The van der Waals surface area contributed by atoms with Crippen LogP contribution in [0.5, 0.6) is 0 Å². The monoisotopic (exact) mass is 564 g/mol. The average Bonchev–Trinajstić information content (AvgIpc) is 2.87. The first-order valence-electron chi connectivity index (χ1n) is 11.6. The number of pyridine rings is 1. The van der Waals surface area contributed by atoms with Crippen LogP contribution in [0.3, 0.4) is 0 Å². The molecule has 1 fully saturated rings. The van der Waals surface area contributed by atoms with Crippen LogP contribution in [0.15, 0.2) is 52.7 Å². The van der Waals surface area contributed by atoms with Crippen LogP contribution >= 0.6 is 46.7 Å². The van der Waals surface area contributed by atoms with Crippen molar-refractivity contribution in [3.63, 3.8) is 0 Å². The zero-order valence-electron chi connectivity index (χ0n) is 19.2. The molecule has 2 N–H and O–H groups in total. The standard InChI is InChI=1S/C25H23Cl2N3O4S2/c26-16-7-8-17(27)19(10-16)35-13-20(31)28-21-23(32)30-22(25(33)34)15(12-36-24(21)30)11-29-9-3-5-14-4-1-2-6-18(14)29/h3,5,7-10,21,24H,1-2,4,6,11-13H2,(H-,28,31,33,34)/p+1/t21-,24-/m1/s1. The van der Waals surface area contributed by atoms with Crippen LogP contribution in [-0.4, -0.2) is 50.7 Å². The number of hydrogen-bond acceptors (Lipinski definition) is 5. The third-order valence-corrected chi connectivity index (χ3v) is 9.64. The topological polar surface area (TPSA) is 90.6 Å². The van der Waals surface area contributed by atoms with E-state index in [1.807, 2.05) is 12.3 Å². The third-order valence-electron chi connectivity index (χ3n) is 6.57. The fourth-order valence-corrected chi connectivity index (χ4v) is 7.52. The molecule has 7 nitrogen and oxygen atoms in total. The Hall–Kier alpha value is -2.20. The van der Waals surface area contributed by atoms with Gasteiger partial charge in [-0.3, -0.25) is 14.5 Å². The number of carboxylic acids is 1. The van der Waals surface area contributed by atoms with Gasteiger partial charge in [0.2, 0.25) is 5.91 Å². The van der Waals surface area contributed by atoms with E-state index in [1.165, 1.54) is 39.7 Å². The Labute approximate surface area is 227 Å². The second-order valence-corrected chi connectivity index (χ2v) is 11.9. The van der Waals surface area contributed by atoms with Gasteiger partial charge in [0, 0.05) is 39.3 Å². The molecule has 0 unspecified atom stereocenters. The van der Waals surface area contributed by atoms with Crippen molar-refractivity contribution in [2.24, 2.45) is 0 Å². The van der Waals surface area contributed by atoms with E-state index in [1.54, 1.807) is 18.2 Å². The van der Waals surface area contributed by atoms with Crippen LogP contribution < -0.4 is 9.88 Å². The molecule has 5 rings (SSSR count). The maximum atomic E-state index is 13.0. The molecular formula is C25H24Cl2N3O4S2+. The Morgan fingerprint density at radius 2 is 2.03 bits per heavy atom. The molecule has 0 saturated carbocycles. The molecule has 0 bridgehead atoms. The van der Waals surface area contributed by atoms with Gasteiger partial charge in [0.15, 0.2) is 18.4 Å². The maximum Gasteiger partial charge on any atom is 0.352 e. The molecule has 1 aromatic carbocycles. The van der Waals surface area contributed by atoms with E-state index >= 15 is 0 Å². The summed E-state index contributed by atoms with van der Waals surface area (Å²) in [7, 11) is 0. The fourth-order valence-electron chi connectivity index (χ4n) is 4.88. The zero-order chi connectivity index (χ0) is 25.4. The molecule has 2 atom stereocenters. The van der Waals surface area contributed by atoms with Crippen molar-refractivity contribution in [1.82, 2.24) is 10.2 Å². The van der Waals surface area contributed by atoms with Crippen molar-refractivity contribution in [3.8, 4) is 0 Å². The van der Waals surface area contributed by atoms with E-state index in [2.05, 4.69) is 16.0 Å². The maximum absolute atomic E-state index is 13.0. The number of fused-ring (bicyclic) bond motifs is 2. The van der Waals surface area contributed by atoms with Gasteiger partial charge in [-0.25, -0.2) is 4.79 Å². The number of amides is 2. The number of hydrogen-bond donors (Lipinski definition) is 2. The molecule has 3 aliphatic rings. The van der Waals surface area contributed by atoms with Gasteiger partial charge >= 0.3 is 5.97 Å². The van der Waals surface area contributed by atoms with Crippen LogP contribution in [0.2, 0.25) is 10.0 Å². The van der Waals surface area contributed by atoms with Crippen molar-refractivity contribution in [2.75, 3.05) is 11.5 Å². The van der Waals surface area contributed by atoms with Crippen LogP contribution in [0.4, 0.5) is 0 Å². The summed E-state index contributed by atoms with van der Waals surface area (Å²) in [5.41, 5.74) is 3.29. The predicted octanol–water partition coefficient (Wildman–Crippen LogP) is 3.69. The van der Waals surface area contributed by atoms with E-state index < -0.39 is 23.3 Å². The molecule has 1 saturated heterocycles. The lowest BCUT2D eigenvalue weighted by molar-refractivity contribution is -0.697. The third kappa shape index (κ3) is 4.98. The van der Waals surface area contributed by atoms with Gasteiger partial charge in [-0.2, -0.15) is 4.57 Å². The molecule has 0 radical (unpaired) electrons. The predicted molar refractivity (Wildman–Crippen MR) is 140 cm³/mol. The molecule has 0 spiro atoms. The molecule has 2 aromatic rings. The van der Waals surface area contributed by atoms with Crippen LogP contribution in [0.25, 0.3) is 0 Å². The first-order chi connectivity index (χ1) is 17.3. The number of thioether (sulfide) groups is 2. The van der Waals surface area contributed by atoms with Crippen molar-refractivity contribution in [2.45, 2.75) is 48.5 Å². The number of benzene rings is 1. The number of carbonyl (C=O) groups excluding carboxylic acids is 2. The summed E-state index contributed by atoms with van der Waals surface area (Å²) >= 11 is 14.9. The normalized spacial score (nSPS) is 20.9.